The first-order valence-electron chi connectivity index (χ1n) is 22.0. The van der Waals surface area contributed by atoms with Gasteiger partial charge >= 0.3 is 0 Å². The molecule has 0 radical (unpaired) electrons. The number of hydrogen-bond donors (Lipinski definition) is 4. The zero-order valence-electron chi connectivity index (χ0n) is 39.1. The topological polar surface area (TPSA) is 218 Å². The highest BCUT2D eigenvalue weighted by molar-refractivity contribution is 6.32. The highest BCUT2D eigenvalue weighted by Crippen LogP contribution is 2.32. The molecule has 0 aliphatic carbocycles. The molecule has 71 heavy (non-hydrogen) atoms. The van der Waals surface area contributed by atoms with Crippen molar-refractivity contribution >= 4 is 127 Å². The number of ether oxygens (including phenoxy) is 2. The summed E-state index contributed by atoms with van der Waals surface area (Å²) in [6, 6.07) is 20.1. The summed E-state index contributed by atoms with van der Waals surface area (Å²) in [5, 5.41) is 26.6. The van der Waals surface area contributed by atoms with Gasteiger partial charge in [-0.1, -0.05) is 23.2 Å². The van der Waals surface area contributed by atoms with Crippen LogP contribution in [0.25, 0.3) is 0 Å². The highest BCUT2D eigenvalue weighted by Gasteiger charge is 2.27. The fourth-order valence-electron chi connectivity index (χ4n) is 6.79. The van der Waals surface area contributed by atoms with Gasteiger partial charge in [0.15, 0.2) is 11.6 Å². The minimum Gasteiger partial charge on any atom is -0.494 e. The number of carbonyl (C=O) groups is 6. The smallest absolute Gasteiger partial charge is 0.258 e. The molecule has 4 N–H and O–H groups in total. The number of Topliss-reactive ketones (excluding diaryl/α,β-unsaturated/α-hetero) is 2. The van der Waals surface area contributed by atoms with Gasteiger partial charge in [-0.2, -0.15) is 20.5 Å². The van der Waals surface area contributed by atoms with Crippen LogP contribution < -0.4 is 30.7 Å². The van der Waals surface area contributed by atoms with Gasteiger partial charge in [-0.3, -0.25) is 28.8 Å². The number of ketones is 2. The normalized spacial score (nSPS) is 12.5. The summed E-state index contributed by atoms with van der Waals surface area (Å²) in [5.74, 6) is -2.19. The fourth-order valence-corrected chi connectivity index (χ4v) is 7.86. The van der Waals surface area contributed by atoms with Crippen molar-refractivity contribution in [3.8, 4) is 11.5 Å². The van der Waals surface area contributed by atoms with E-state index in [1.54, 1.807) is 31.2 Å². The van der Waals surface area contributed by atoms with Crippen LogP contribution in [-0.2, 0) is 32.0 Å². The third-order valence-corrected chi connectivity index (χ3v) is 11.0. The van der Waals surface area contributed by atoms with Crippen LogP contribution in [0, 0.1) is 0 Å². The lowest BCUT2D eigenvalue weighted by atomic mass is 10.1. The molecular weight excluding hydrogens is 1020 g/mol. The monoisotopic (exact) mass is 1060 g/mol. The Morgan fingerprint density at radius 3 is 1.42 bits per heavy atom. The van der Waals surface area contributed by atoms with Crippen LogP contribution in [0.15, 0.2) is 111 Å². The maximum absolute atomic E-state index is 13.6. The van der Waals surface area contributed by atoms with E-state index < -0.39 is 52.7 Å². The molecule has 0 aliphatic heterocycles. The molecule has 0 saturated carbocycles. The molecule has 3 atom stereocenters. The summed E-state index contributed by atoms with van der Waals surface area (Å²) in [6.07, 6.45) is 1.10. The van der Waals surface area contributed by atoms with Crippen LogP contribution in [0.1, 0.15) is 77.4 Å². The summed E-state index contributed by atoms with van der Waals surface area (Å²) < 4.78 is 11.3. The van der Waals surface area contributed by atoms with Gasteiger partial charge in [-0.15, -0.1) is 34.8 Å². The molecule has 5 aromatic carbocycles. The van der Waals surface area contributed by atoms with E-state index in [-0.39, 0.29) is 43.9 Å². The highest BCUT2D eigenvalue weighted by atomic mass is 35.5. The van der Waals surface area contributed by atoms with E-state index in [0.717, 1.165) is 25.0 Å². The number of hydrogen-bond acceptors (Lipinski definition) is 12. The van der Waals surface area contributed by atoms with E-state index in [1.807, 2.05) is 26.0 Å². The van der Waals surface area contributed by atoms with Gasteiger partial charge in [-0.25, -0.2) is 0 Å². The van der Waals surface area contributed by atoms with Crippen LogP contribution in [-0.4, -0.2) is 72.3 Å². The number of halogens is 5. The van der Waals surface area contributed by atoms with Crippen molar-refractivity contribution in [3.05, 3.63) is 129 Å². The molecule has 0 heterocycles. The number of rotatable bonds is 23. The second-order valence-electron chi connectivity index (χ2n) is 15.6. The molecule has 0 aromatic heterocycles. The lowest BCUT2D eigenvalue weighted by Gasteiger charge is -2.17. The Kier molecular flexibility index (Phi) is 20.9. The van der Waals surface area contributed by atoms with Gasteiger partial charge in [-0.05, 0) is 143 Å². The number of alkyl halides is 3. The number of azo groups is 2. The first kappa shape index (κ1) is 55.5. The number of nitrogens with zero attached hydrogens (tertiary/aromatic N) is 4. The standard InChI is InChI=1S/C50H49Cl5N8O8/c1-6-70-41-16-30(10-12-51)14-37(24-41)57-47(66)32-18-34(54)22-39(20-32)60-62-45(28(4)64)49(68)56-36-8-9-44(43(26-36)27(3)53)59-50(69)46(29(5)65)63-61-40-21-33(19-35(55)23-40)48(67)58-38-15-31(11-13-52)17-42(25-38)71-7-2/h8-9,14-27,45-46H,6-7,10-13H2,1-5H3,(H,56,68)(H,57,66)(H,58,67)(H,59,69). The van der Waals surface area contributed by atoms with E-state index >= 15 is 0 Å². The third-order valence-electron chi connectivity index (χ3n) is 9.98. The lowest BCUT2D eigenvalue weighted by molar-refractivity contribution is -0.127. The van der Waals surface area contributed by atoms with E-state index in [2.05, 4.69) is 41.7 Å². The third kappa shape index (κ3) is 16.6. The van der Waals surface area contributed by atoms with Crippen LogP contribution in [0.3, 0.4) is 0 Å². The molecule has 0 bridgehead atoms. The van der Waals surface area contributed by atoms with Crippen LogP contribution in [0.5, 0.6) is 11.5 Å². The minimum absolute atomic E-state index is 0.0871. The van der Waals surface area contributed by atoms with Crippen molar-refractivity contribution in [2.75, 3.05) is 46.2 Å². The predicted octanol–water partition coefficient (Wildman–Crippen LogP) is 12.5. The lowest BCUT2D eigenvalue weighted by Crippen LogP contribution is -2.32. The molecule has 0 saturated heterocycles. The Morgan fingerprint density at radius 1 is 0.563 bits per heavy atom. The molecule has 0 aliphatic rings. The van der Waals surface area contributed by atoms with Crippen molar-refractivity contribution in [2.45, 2.75) is 64.9 Å². The Labute approximate surface area is 435 Å². The van der Waals surface area contributed by atoms with Gasteiger partial charge in [0.2, 0.25) is 12.1 Å². The zero-order chi connectivity index (χ0) is 51.8. The average Bonchev–Trinajstić information content (AvgIpc) is 3.29. The molecule has 372 valence electrons. The van der Waals surface area contributed by atoms with Gasteiger partial charge < -0.3 is 30.7 Å². The molecule has 0 spiro atoms. The molecule has 5 rings (SSSR count). The summed E-state index contributed by atoms with van der Waals surface area (Å²) in [5.41, 5.74) is 3.77. The van der Waals surface area contributed by atoms with E-state index in [0.29, 0.717) is 66.3 Å². The SMILES string of the molecule is CCOc1cc(CCCl)cc(NC(=O)c2cc(Cl)cc(N=NC(C(C)=O)C(=O)Nc3ccc(NC(=O)C(N=Nc4cc(Cl)cc(C(=O)Nc5cc(CCCl)cc(OCC)c5)c4)C(C)=O)c(C(C)Cl)c3)c2)c1. The molecular formula is C50H49Cl5N8O8. The fraction of sp³-hybridized carbons (Fsp3) is 0.280. The van der Waals surface area contributed by atoms with Crippen molar-refractivity contribution in [1.82, 2.24) is 0 Å². The largest absolute Gasteiger partial charge is 0.494 e. The number of benzene rings is 5. The van der Waals surface area contributed by atoms with E-state index in [9.17, 15) is 28.8 Å². The number of aryl methyl sites for hydroxylation is 2. The Morgan fingerprint density at radius 2 is 1.01 bits per heavy atom. The van der Waals surface area contributed by atoms with Crippen molar-refractivity contribution in [1.29, 1.82) is 0 Å². The number of anilines is 4. The van der Waals surface area contributed by atoms with Crippen LogP contribution in [0.4, 0.5) is 34.1 Å². The second-order valence-corrected chi connectivity index (χ2v) is 17.9. The second kappa shape index (κ2) is 26.7. The van der Waals surface area contributed by atoms with Gasteiger partial charge in [0.1, 0.15) is 11.5 Å². The number of carbonyl (C=O) groups excluding carboxylic acids is 6. The maximum Gasteiger partial charge on any atom is 0.258 e. The molecule has 3 unspecified atom stereocenters. The van der Waals surface area contributed by atoms with Crippen molar-refractivity contribution < 1.29 is 38.2 Å². The van der Waals surface area contributed by atoms with Crippen molar-refractivity contribution in [3.63, 3.8) is 0 Å². The zero-order valence-corrected chi connectivity index (χ0v) is 42.9. The number of nitrogens with one attached hydrogen (secondary N) is 4. The quantitative estimate of drug-likeness (QED) is 0.0279. The van der Waals surface area contributed by atoms with Gasteiger partial charge in [0, 0.05) is 67.8 Å². The van der Waals surface area contributed by atoms with Crippen LogP contribution >= 0.6 is 58.0 Å². The summed E-state index contributed by atoms with van der Waals surface area (Å²) in [4.78, 5) is 79.3. The Hall–Kier alpha value is -6.43. The minimum atomic E-state index is -1.63. The maximum atomic E-state index is 13.6. The van der Waals surface area contributed by atoms with E-state index in [4.69, 9.17) is 67.5 Å². The first-order chi connectivity index (χ1) is 33.9. The summed E-state index contributed by atoms with van der Waals surface area (Å²) in [6.45, 7) is 8.46. The molecule has 0 fully saturated rings. The van der Waals surface area contributed by atoms with Crippen LogP contribution in [0.2, 0.25) is 10.0 Å². The van der Waals surface area contributed by atoms with Gasteiger partial charge in [0.05, 0.1) is 30.0 Å². The predicted molar refractivity (Wildman–Crippen MR) is 279 cm³/mol. The molecule has 21 heteroatoms. The first-order valence-corrected chi connectivity index (χ1v) is 24.3. The molecule has 4 amide bonds. The Bertz CT molecular complexity index is 2810. The van der Waals surface area contributed by atoms with E-state index in [1.165, 1.54) is 54.6 Å². The average molecular weight is 1070 g/mol. The summed E-state index contributed by atoms with van der Waals surface area (Å²) >= 11 is 31.1. The number of amides is 4. The van der Waals surface area contributed by atoms with Gasteiger partial charge in [0.25, 0.3) is 23.6 Å². The molecule has 5 aromatic rings. The van der Waals surface area contributed by atoms with Crippen molar-refractivity contribution in [2.24, 2.45) is 20.5 Å². The Balaban J connectivity index is 1.28. The molecule has 16 nitrogen and oxygen atoms in total. The summed E-state index contributed by atoms with van der Waals surface area (Å²) in [7, 11) is 0.